The summed E-state index contributed by atoms with van der Waals surface area (Å²) in [6.07, 6.45) is 1.58. The lowest BCUT2D eigenvalue weighted by Gasteiger charge is -2.27. The van der Waals surface area contributed by atoms with Crippen molar-refractivity contribution >= 4 is 15.9 Å². The second-order valence-electron chi connectivity index (χ2n) is 7.09. The highest BCUT2D eigenvalue weighted by Crippen LogP contribution is 2.28. The average Bonchev–Trinajstić information content (AvgIpc) is 3.28. The van der Waals surface area contributed by atoms with E-state index in [1.54, 1.807) is 18.4 Å². The van der Waals surface area contributed by atoms with Crippen molar-refractivity contribution in [2.75, 3.05) is 54.1 Å². The molecular formula is C20H27N3O6S. The first-order chi connectivity index (χ1) is 14.3. The van der Waals surface area contributed by atoms with E-state index in [2.05, 4.69) is 5.32 Å². The Hall–Kier alpha value is -2.40. The first-order valence-corrected chi connectivity index (χ1v) is 11.0. The molecule has 1 aliphatic heterocycles. The quantitative estimate of drug-likeness (QED) is 0.665. The minimum absolute atomic E-state index is 0.0326. The topological polar surface area (TPSA) is 101 Å². The van der Waals surface area contributed by atoms with Gasteiger partial charge < -0.3 is 19.2 Å². The molecule has 1 aromatic heterocycles. The molecule has 164 valence electrons. The highest BCUT2D eigenvalue weighted by Gasteiger charge is 2.30. The number of nitrogens with zero attached hydrogens (tertiary/aromatic N) is 2. The van der Waals surface area contributed by atoms with Crippen LogP contribution in [0.5, 0.6) is 5.75 Å². The number of furan rings is 1. The fraction of sp³-hybridized carbons (Fsp3) is 0.450. The molecule has 3 rings (SSSR count). The summed E-state index contributed by atoms with van der Waals surface area (Å²) in [6, 6.07) is 7.88. The smallest absolute Gasteiger partial charge is 0.251 e. The number of benzene rings is 1. The lowest BCUT2D eigenvalue weighted by atomic mass is 10.1. The molecule has 1 unspecified atom stereocenters. The van der Waals surface area contributed by atoms with Gasteiger partial charge in [-0.3, -0.25) is 9.69 Å². The van der Waals surface area contributed by atoms with Gasteiger partial charge in [0.05, 0.1) is 32.6 Å². The number of hydrogen-bond acceptors (Lipinski definition) is 7. The molecule has 2 aromatic rings. The van der Waals surface area contributed by atoms with E-state index in [1.165, 1.54) is 23.5 Å². The Morgan fingerprint density at radius 2 is 2.00 bits per heavy atom. The standard InChI is InChI=1S/C20H27N3O6S/c1-22(2)16(17-5-4-10-29-17)14-21-20(24)15-6-7-18(27-3)19(13-15)30(25,26)23-8-11-28-12-9-23/h4-7,10,13,16H,8-9,11-12,14H2,1-3H3,(H,21,24). The van der Waals surface area contributed by atoms with E-state index in [-0.39, 0.29) is 41.2 Å². The van der Waals surface area contributed by atoms with Gasteiger partial charge in [0.1, 0.15) is 16.4 Å². The van der Waals surface area contributed by atoms with Crippen LogP contribution in [-0.2, 0) is 14.8 Å². The van der Waals surface area contributed by atoms with E-state index < -0.39 is 10.0 Å². The van der Waals surface area contributed by atoms with Crippen molar-refractivity contribution in [2.45, 2.75) is 10.9 Å². The van der Waals surface area contributed by atoms with Gasteiger partial charge in [0.25, 0.3) is 5.91 Å². The van der Waals surface area contributed by atoms with E-state index in [0.717, 1.165) is 5.76 Å². The molecule has 1 amide bonds. The van der Waals surface area contributed by atoms with E-state index in [9.17, 15) is 13.2 Å². The minimum atomic E-state index is -3.82. The van der Waals surface area contributed by atoms with Crippen LogP contribution in [0.4, 0.5) is 0 Å². The summed E-state index contributed by atoms with van der Waals surface area (Å²) in [5, 5.41) is 2.85. The zero-order valence-electron chi connectivity index (χ0n) is 17.3. The van der Waals surface area contributed by atoms with Crippen LogP contribution in [0, 0.1) is 0 Å². The van der Waals surface area contributed by atoms with E-state index >= 15 is 0 Å². The predicted octanol–water partition coefficient (Wildman–Crippen LogP) is 1.34. The molecule has 1 N–H and O–H groups in total. The third-order valence-corrected chi connectivity index (χ3v) is 6.88. The summed E-state index contributed by atoms with van der Waals surface area (Å²) in [7, 11) is 1.36. The van der Waals surface area contributed by atoms with Gasteiger partial charge in [0.2, 0.25) is 10.0 Å². The Kier molecular flexibility index (Phi) is 7.14. The number of amides is 1. The molecule has 1 saturated heterocycles. The van der Waals surface area contributed by atoms with Gasteiger partial charge in [0, 0.05) is 25.2 Å². The molecule has 0 radical (unpaired) electrons. The SMILES string of the molecule is COc1ccc(C(=O)NCC(c2ccco2)N(C)C)cc1S(=O)(=O)N1CCOCC1. The summed E-state index contributed by atoms with van der Waals surface area (Å²) in [4.78, 5) is 14.7. The van der Waals surface area contributed by atoms with Crippen LogP contribution in [0.15, 0.2) is 45.9 Å². The van der Waals surface area contributed by atoms with Gasteiger partial charge >= 0.3 is 0 Å². The third-order valence-electron chi connectivity index (χ3n) is 4.96. The average molecular weight is 438 g/mol. The van der Waals surface area contributed by atoms with Crippen LogP contribution in [0.1, 0.15) is 22.2 Å². The molecule has 2 heterocycles. The van der Waals surface area contributed by atoms with Gasteiger partial charge in [-0.25, -0.2) is 8.42 Å². The summed E-state index contributed by atoms with van der Waals surface area (Å²) >= 11 is 0. The normalized spacial score (nSPS) is 16.4. The van der Waals surface area contributed by atoms with E-state index in [0.29, 0.717) is 19.8 Å². The zero-order chi connectivity index (χ0) is 21.7. The highest BCUT2D eigenvalue weighted by atomic mass is 32.2. The summed E-state index contributed by atoms with van der Waals surface area (Å²) in [6.45, 7) is 1.49. The number of rotatable bonds is 8. The molecule has 0 aliphatic carbocycles. The number of nitrogens with one attached hydrogen (secondary N) is 1. The molecule has 0 saturated carbocycles. The largest absolute Gasteiger partial charge is 0.495 e. The highest BCUT2D eigenvalue weighted by molar-refractivity contribution is 7.89. The third kappa shape index (κ3) is 4.84. The van der Waals surface area contributed by atoms with Crippen LogP contribution >= 0.6 is 0 Å². The maximum atomic E-state index is 13.1. The first-order valence-electron chi connectivity index (χ1n) is 9.58. The second kappa shape index (κ2) is 9.61. The Morgan fingerprint density at radius 3 is 2.60 bits per heavy atom. The summed E-state index contributed by atoms with van der Waals surface area (Å²) in [5.74, 6) is 0.542. The van der Waals surface area contributed by atoms with Gasteiger partial charge in [-0.15, -0.1) is 0 Å². The fourth-order valence-electron chi connectivity index (χ4n) is 3.26. The summed E-state index contributed by atoms with van der Waals surface area (Å²) in [5.41, 5.74) is 0.236. The lowest BCUT2D eigenvalue weighted by Crippen LogP contribution is -2.40. The molecule has 1 fully saturated rings. The fourth-order valence-corrected chi connectivity index (χ4v) is 4.84. The molecule has 1 atom stereocenters. The molecular weight excluding hydrogens is 410 g/mol. The Morgan fingerprint density at radius 1 is 1.27 bits per heavy atom. The molecule has 10 heteroatoms. The number of sulfonamides is 1. The minimum Gasteiger partial charge on any atom is -0.495 e. The van der Waals surface area contributed by atoms with Crippen molar-refractivity contribution in [1.29, 1.82) is 0 Å². The zero-order valence-corrected chi connectivity index (χ0v) is 18.1. The van der Waals surface area contributed by atoms with Crippen molar-refractivity contribution in [2.24, 2.45) is 0 Å². The molecule has 1 aromatic carbocycles. The molecule has 30 heavy (non-hydrogen) atoms. The van der Waals surface area contributed by atoms with Gasteiger partial charge in [-0.2, -0.15) is 4.31 Å². The summed E-state index contributed by atoms with van der Waals surface area (Å²) < 4.78 is 43.5. The number of carbonyl (C=O) groups is 1. The number of methoxy groups -OCH3 is 1. The lowest BCUT2D eigenvalue weighted by molar-refractivity contribution is 0.0729. The number of ether oxygens (including phenoxy) is 2. The van der Waals surface area contributed by atoms with Crippen LogP contribution in [0.25, 0.3) is 0 Å². The van der Waals surface area contributed by atoms with Crippen LogP contribution in [0.2, 0.25) is 0 Å². The van der Waals surface area contributed by atoms with Crippen LogP contribution in [0.3, 0.4) is 0 Å². The predicted molar refractivity (Wildman–Crippen MR) is 110 cm³/mol. The second-order valence-corrected chi connectivity index (χ2v) is 8.99. The maximum Gasteiger partial charge on any atom is 0.251 e. The van der Waals surface area contributed by atoms with Crippen molar-refractivity contribution in [3.8, 4) is 5.75 Å². The van der Waals surface area contributed by atoms with Gasteiger partial charge in [0.15, 0.2) is 0 Å². The van der Waals surface area contributed by atoms with Crippen LogP contribution < -0.4 is 10.1 Å². The Labute approximate surface area is 176 Å². The monoisotopic (exact) mass is 437 g/mol. The van der Waals surface area contributed by atoms with E-state index in [1.807, 2.05) is 25.1 Å². The van der Waals surface area contributed by atoms with E-state index in [4.69, 9.17) is 13.9 Å². The molecule has 1 aliphatic rings. The van der Waals surface area contributed by atoms with Gasteiger partial charge in [-0.1, -0.05) is 0 Å². The van der Waals surface area contributed by atoms with Crippen molar-refractivity contribution in [3.63, 3.8) is 0 Å². The number of hydrogen-bond donors (Lipinski definition) is 1. The maximum absolute atomic E-state index is 13.1. The first kappa shape index (κ1) is 22.3. The number of carbonyl (C=O) groups excluding carboxylic acids is 1. The van der Waals surface area contributed by atoms with Crippen LogP contribution in [-0.4, -0.2) is 77.6 Å². The van der Waals surface area contributed by atoms with Crippen molar-refractivity contribution < 1.29 is 27.1 Å². The van der Waals surface area contributed by atoms with Gasteiger partial charge in [-0.05, 0) is 44.4 Å². The van der Waals surface area contributed by atoms with Crippen molar-refractivity contribution in [1.82, 2.24) is 14.5 Å². The molecule has 0 spiro atoms. The number of morpholine rings is 1. The molecule has 0 bridgehead atoms. The Balaban J connectivity index is 1.80. The Bertz CT molecular complexity index is 953. The number of likely N-dealkylation sites (N-methyl/N-ethyl adjacent to an activating group) is 1. The van der Waals surface area contributed by atoms with Crippen molar-refractivity contribution in [3.05, 3.63) is 47.9 Å². The molecule has 9 nitrogen and oxygen atoms in total.